The molecule has 0 spiro atoms. The normalized spacial score (nSPS) is 10.2. The summed E-state index contributed by atoms with van der Waals surface area (Å²) in [6.45, 7) is 0. The van der Waals surface area contributed by atoms with Crippen LogP contribution < -0.4 is 21.2 Å². The van der Waals surface area contributed by atoms with Crippen molar-refractivity contribution in [2.75, 3.05) is 4.68 Å². The molecule has 3 heteroatoms. The number of benzene rings is 1. The van der Waals surface area contributed by atoms with Crippen molar-refractivity contribution in [3.8, 4) is 0 Å². The molecule has 1 aromatic rings. The summed E-state index contributed by atoms with van der Waals surface area (Å²) in [4.78, 5) is 0. The second-order valence-electron chi connectivity index (χ2n) is 1.67. The van der Waals surface area contributed by atoms with Gasteiger partial charge in [-0.05, 0) is 0 Å². The van der Waals surface area contributed by atoms with Gasteiger partial charge in [0.2, 0.25) is 0 Å². The van der Waals surface area contributed by atoms with Crippen LogP contribution in [0.1, 0.15) is 0 Å². The van der Waals surface area contributed by atoms with Crippen LogP contribution in [-0.4, -0.2) is 4.68 Å². The van der Waals surface area contributed by atoms with Crippen LogP contribution in [0.15, 0.2) is 24.3 Å². The molecule has 0 heterocycles. The first-order valence-corrected chi connectivity index (χ1v) is 5.34. The Morgan fingerprint density at radius 2 is 1.80 bits per heavy atom. The van der Waals surface area contributed by atoms with Crippen LogP contribution in [0, 0.1) is 9.39 Å². The number of halogens is 3. The molecule has 0 N–H and O–H groups in total. The Labute approximate surface area is 68.5 Å². The average Bonchev–Trinajstić information content (AvgIpc) is 1.95. The second-order valence-corrected chi connectivity index (χ2v) is 4.26. The molecular formula is C7H6F2I-. The van der Waals surface area contributed by atoms with Gasteiger partial charge >= 0.3 is 68.3 Å². The van der Waals surface area contributed by atoms with Crippen molar-refractivity contribution < 1.29 is 30.0 Å². The van der Waals surface area contributed by atoms with Crippen LogP contribution in [0.25, 0.3) is 0 Å². The molecule has 0 saturated carbocycles. The predicted octanol–water partition coefficient (Wildman–Crippen LogP) is -0.989. The molecule has 0 amide bonds. The molecule has 0 unspecified atom stereocenters. The van der Waals surface area contributed by atoms with E-state index < -0.39 is 21.2 Å². The molecule has 0 radical (unpaired) electrons. The van der Waals surface area contributed by atoms with Crippen molar-refractivity contribution in [1.82, 2.24) is 0 Å². The van der Waals surface area contributed by atoms with E-state index in [-0.39, 0.29) is 10.5 Å². The fraction of sp³-hybridized carbons (Fsp3) is 0.143. The Bertz CT molecular complexity index is 195. The van der Waals surface area contributed by atoms with E-state index in [2.05, 4.69) is 0 Å². The first-order chi connectivity index (χ1) is 4.83. The van der Waals surface area contributed by atoms with Gasteiger partial charge in [-0.2, -0.15) is 0 Å². The van der Waals surface area contributed by atoms with Gasteiger partial charge in [-0.15, -0.1) is 0 Å². The summed E-state index contributed by atoms with van der Waals surface area (Å²) in [5.41, 5.74) is 0. The molecule has 10 heavy (non-hydrogen) atoms. The SMILES string of the molecule is FC[I-]c1ccc(F)cc1. The maximum absolute atomic E-state index is 12.2. The zero-order chi connectivity index (χ0) is 7.40. The van der Waals surface area contributed by atoms with Crippen molar-refractivity contribution in [3.05, 3.63) is 33.7 Å². The van der Waals surface area contributed by atoms with Gasteiger partial charge in [-0.1, -0.05) is 0 Å². The molecule has 0 aliphatic rings. The van der Waals surface area contributed by atoms with Crippen molar-refractivity contribution in [1.29, 1.82) is 0 Å². The summed E-state index contributed by atoms with van der Waals surface area (Å²) < 4.78 is 24.7. The summed E-state index contributed by atoms with van der Waals surface area (Å²) in [6, 6.07) is 6.01. The minimum absolute atomic E-state index is 0.258. The van der Waals surface area contributed by atoms with Gasteiger partial charge in [0, 0.05) is 0 Å². The molecular weight excluding hydrogens is 249 g/mol. The van der Waals surface area contributed by atoms with E-state index >= 15 is 0 Å². The zero-order valence-electron chi connectivity index (χ0n) is 5.15. The van der Waals surface area contributed by atoms with E-state index in [1.165, 1.54) is 12.1 Å². The van der Waals surface area contributed by atoms with Crippen LogP contribution in [0.4, 0.5) is 8.78 Å². The van der Waals surface area contributed by atoms with E-state index in [0.717, 1.165) is 3.57 Å². The monoisotopic (exact) mass is 255 g/mol. The minimum atomic E-state index is -0.516. The van der Waals surface area contributed by atoms with Crippen LogP contribution in [-0.2, 0) is 0 Å². The summed E-state index contributed by atoms with van der Waals surface area (Å²) in [5.74, 6) is -0.258. The van der Waals surface area contributed by atoms with Gasteiger partial charge in [0.1, 0.15) is 0 Å². The third-order valence-electron chi connectivity index (χ3n) is 1.01. The molecule has 0 nitrogen and oxygen atoms in total. The molecule has 0 atom stereocenters. The van der Waals surface area contributed by atoms with Crippen LogP contribution in [0.2, 0.25) is 0 Å². The van der Waals surface area contributed by atoms with Crippen molar-refractivity contribution >= 4 is 0 Å². The average molecular weight is 255 g/mol. The topological polar surface area (TPSA) is 0 Å². The number of hydrogen-bond donors (Lipinski definition) is 0. The molecule has 0 aliphatic heterocycles. The number of alkyl halides is 2. The van der Waals surface area contributed by atoms with E-state index in [4.69, 9.17) is 0 Å². The van der Waals surface area contributed by atoms with Crippen molar-refractivity contribution in [3.63, 3.8) is 0 Å². The molecule has 0 saturated heterocycles. The first-order valence-electron chi connectivity index (χ1n) is 2.73. The molecule has 0 aromatic heterocycles. The third kappa shape index (κ3) is 2.21. The molecule has 0 fully saturated rings. The van der Waals surface area contributed by atoms with Gasteiger partial charge in [0.15, 0.2) is 0 Å². The quantitative estimate of drug-likeness (QED) is 0.470. The van der Waals surface area contributed by atoms with E-state index in [9.17, 15) is 8.78 Å². The molecule has 1 aromatic carbocycles. The fourth-order valence-corrected chi connectivity index (χ4v) is 1.78. The number of hydrogen-bond acceptors (Lipinski definition) is 0. The summed E-state index contributed by atoms with van der Waals surface area (Å²) in [5, 5.41) is 0. The third-order valence-corrected chi connectivity index (χ3v) is 2.90. The molecule has 0 bridgehead atoms. The van der Waals surface area contributed by atoms with Gasteiger partial charge < -0.3 is 0 Å². The van der Waals surface area contributed by atoms with Crippen LogP contribution >= 0.6 is 0 Å². The van der Waals surface area contributed by atoms with Crippen molar-refractivity contribution in [2.24, 2.45) is 0 Å². The van der Waals surface area contributed by atoms with Gasteiger partial charge in [-0.25, -0.2) is 0 Å². The Morgan fingerprint density at radius 3 is 2.30 bits per heavy atom. The molecule has 0 aliphatic carbocycles. The summed E-state index contributed by atoms with van der Waals surface area (Å²) in [6.07, 6.45) is 0. The predicted molar refractivity (Wildman–Crippen MR) is 31.1 cm³/mol. The maximum atomic E-state index is 12.2. The summed E-state index contributed by atoms with van der Waals surface area (Å²) >= 11 is -0.516. The van der Waals surface area contributed by atoms with Gasteiger partial charge in [0.25, 0.3) is 0 Å². The van der Waals surface area contributed by atoms with E-state index in [1.54, 1.807) is 12.1 Å². The Kier molecular flexibility index (Phi) is 3.05. The Hall–Kier alpha value is -0.190. The van der Waals surface area contributed by atoms with Gasteiger partial charge in [-0.3, -0.25) is 0 Å². The standard InChI is InChI=1S/C7H6F2I/c8-5-10-7-3-1-6(9)2-4-7/h1-4H,5H2/q-1. The molecule has 1 rings (SSSR count). The Morgan fingerprint density at radius 1 is 1.20 bits per heavy atom. The van der Waals surface area contributed by atoms with Gasteiger partial charge in [0.05, 0.1) is 0 Å². The summed E-state index contributed by atoms with van der Waals surface area (Å²) in [7, 11) is 0. The van der Waals surface area contributed by atoms with E-state index in [1.807, 2.05) is 0 Å². The molecule has 56 valence electrons. The number of rotatable bonds is 2. The van der Waals surface area contributed by atoms with Crippen LogP contribution in [0.5, 0.6) is 0 Å². The van der Waals surface area contributed by atoms with E-state index in [0.29, 0.717) is 0 Å². The zero-order valence-corrected chi connectivity index (χ0v) is 7.31. The second kappa shape index (κ2) is 3.85. The fourth-order valence-electron chi connectivity index (χ4n) is 0.577. The van der Waals surface area contributed by atoms with Crippen molar-refractivity contribution in [2.45, 2.75) is 0 Å². The Balaban J connectivity index is 2.69. The van der Waals surface area contributed by atoms with Crippen LogP contribution in [0.3, 0.4) is 0 Å². The first kappa shape index (κ1) is 7.91.